The molecule has 1 aliphatic carbocycles. The number of sulfonamides is 1. The van der Waals surface area contributed by atoms with E-state index in [0.717, 1.165) is 18.4 Å². The van der Waals surface area contributed by atoms with Gasteiger partial charge in [-0.2, -0.15) is 9.40 Å². The van der Waals surface area contributed by atoms with Crippen molar-refractivity contribution in [1.82, 2.24) is 19.8 Å². The van der Waals surface area contributed by atoms with E-state index in [0.29, 0.717) is 25.7 Å². The summed E-state index contributed by atoms with van der Waals surface area (Å²) in [4.78, 5) is 0. The van der Waals surface area contributed by atoms with Crippen molar-refractivity contribution in [2.24, 2.45) is 0 Å². The molecule has 0 spiro atoms. The molecule has 8 heteroatoms. The first kappa shape index (κ1) is 13.7. The van der Waals surface area contributed by atoms with Crippen molar-refractivity contribution in [2.45, 2.75) is 55.5 Å². The first-order valence-electron chi connectivity index (χ1n) is 7.54. The molecule has 21 heavy (non-hydrogen) atoms. The summed E-state index contributed by atoms with van der Waals surface area (Å²) in [5.41, 5.74) is 0.723. The number of hydrogen-bond acceptors (Lipinski definition) is 5. The average Bonchev–Trinajstić information content (AvgIpc) is 3.07. The third-order valence-corrected chi connectivity index (χ3v) is 6.29. The maximum absolute atomic E-state index is 12.8. The summed E-state index contributed by atoms with van der Waals surface area (Å²) in [5, 5.41) is 10.2. The van der Waals surface area contributed by atoms with Crippen LogP contribution in [0.25, 0.3) is 0 Å². The second kappa shape index (κ2) is 5.05. The van der Waals surface area contributed by atoms with Crippen LogP contribution in [0, 0.1) is 0 Å². The second-order valence-corrected chi connectivity index (χ2v) is 8.03. The van der Waals surface area contributed by atoms with Crippen molar-refractivity contribution < 1.29 is 13.2 Å². The fourth-order valence-corrected chi connectivity index (χ4v) is 4.70. The normalized spacial score (nSPS) is 29.9. The molecule has 3 aliphatic rings. The van der Waals surface area contributed by atoms with Crippen molar-refractivity contribution >= 4 is 10.0 Å². The Hall–Kier alpha value is -0.960. The van der Waals surface area contributed by atoms with E-state index < -0.39 is 10.0 Å². The summed E-state index contributed by atoms with van der Waals surface area (Å²) in [7, 11) is -3.51. The Balaban J connectivity index is 1.54. The van der Waals surface area contributed by atoms with Crippen LogP contribution >= 0.6 is 0 Å². The minimum atomic E-state index is -3.51. The summed E-state index contributed by atoms with van der Waals surface area (Å²) in [6.45, 7) is 1.45. The van der Waals surface area contributed by atoms with Crippen molar-refractivity contribution in [2.75, 3.05) is 13.1 Å². The number of fused-ring (bicyclic) bond motifs is 2. The van der Waals surface area contributed by atoms with Gasteiger partial charge in [-0.3, -0.25) is 5.10 Å². The third kappa shape index (κ3) is 2.61. The highest BCUT2D eigenvalue weighted by atomic mass is 32.2. The van der Waals surface area contributed by atoms with Gasteiger partial charge in [0.05, 0.1) is 18.4 Å². The quantitative estimate of drug-likeness (QED) is 0.812. The monoisotopic (exact) mass is 312 g/mol. The second-order valence-electron chi connectivity index (χ2n) is 6.16. The molecule has 3 fully saturated rings. The highest BCUT2D eigenvalue weighted by Gasteiger charge is 2.40. The third-order valence-electron chi connectivity index (χ3n) is 4.44. The molecule has 0 radical (unpaired) electrons. The number of nitrogens with one attached hydrogen (secondary N) is 2. The molecule has 2 aliphatic heterocycles. The average molecular weight is 312 g/mol. The fourth-order valence-electron chi connectivity index (χ4n) is 3.09. The Morgan fingerprint density at radius 1 is 1.29 bits per heavy atom. The standard InChI is InChI=1S/C13H20N4O3S/c18-21(19,17-7-11-3-4-12(8-17)20-11)13-9(6-15-16-13)5-14-10-1-2-10/h6,10-12,14H,1-5,7-8H2,(H,15,16). The van der Waals surface area contributed by atoms with Gasteiger partial charge < -0.3 is 10.1 Å². The zero-order chi connectivity index (χ0) is 14.4. The van der Waals surface area contributed by atoms with Gasteiger partial charge in [0.1, 0.15) is 0 Å². The molecule has 0 amide bonds. The zero-order valence-corrected chi connectivity index (χ0v) is 12.6. The van der Waals surface area contributed by atoms with Crippen molar-refractivity contribution in [3.63, 3.8) is 0 Å². The lowest BCUT2D eigenvalue weighted by molar-refractivity contribution is -0.0115. The smallest absolute Gasteiger partial charge is 0.260 e. The molecule has 7 nitrogen and oxygen atoms in total. The topological polar surface area (TPSA) is 87.3 Å². The van der Waals surface area contributed by atoms with Gasteiger partial charge in [0.25, 0.3) is 10.0 Å². The first-order valence-corrected chi connectivity index (χ1v) is 8.98. The lowest BCUT2D eigenvalue weighted by Crippen LogP contribution is -2.46. The van der Waals surface area contributed by atoms with Crippen LogP contribution in [0.4, 0.5) is 0 Å². The predicted octanol–water partition coefficient (Wildman–Crippen LogP) is 0.214. The SMILES string of the molecule is O=S(=O)(c1[nH]ncc1CNC1CC1)N1CC2CCC(C1)O2. The zero-order valence-electron chi connectivity index (χ0n) is 11.8. The van der Waals surface area contributed by atoms with Crippen LogP contribution in [-0.2, 0) is 21.3 Å². The van der Waals surface area contributed by atoms with Gasteiger partial charge in [-0.15, -0.1) is 0 Å². The maximum atomic E-state index is 12.8. The van der Waals surface area contributed by atoms with Crippen molar-refractivity contribution in [3.05, 3.63) is 11.8 Å². The molecule has 4 rings (SSSR count). The Kier molecular flexibility index (Phi) is 3.29. The highest BCUT2D eigenvalue weighted by Crippen LogP contribution is 2.30. The van der Waals surface area contributed by atoms with E-state index in [1.807, 2.05) is 0 Å². The van der Waals surface area contributed by atoms with E-state index >= 15 is 0 Å². The number of H-pyrrole nitrogens is 1. The Morgan fingerprint density at radius 2 is 2.00 bits per heavy atom. The van der Waals surface area contributed by atoms with Crippen molar-refractivity contribution in [1.29, 1.82) is 0 Å². The van der Waals surface area contributed by atoms with Gasteiger partial charge in [-0.1, -0.05) is 0 Å². The molecule has 3 heterocycles. The number of hydrogen-bond donors (Lipinski definition) is 2. The largest absolute Gasteiger partial charge is 0.372 e. The van der Waals surface area contributed by atoms with Gasteiger partial charge in [0.2, 0.25) is 0 Å². The molecule has 116 valence electrons. The summed E-state index contributed by atoms with van der Waals surface area (Å²) in [6.07, 6.45) is 5.96. The molecule has 1 aromatic rings. The first-order chi connectivity index (χ1) is 10.1. The fraction of sp³-hybridized carbons (Fsp3) is 0.769. The molecule has 2 N–H and O–H groups in total. The summed E-state index contributed by atoms with van der Waals surface area (Å²) in [6, 6.07) is 0.537. The number of aromatic nitrogens is 2. The van der Waals surface area contributed by atoms with Crippen molar-refractivity contribution in [3.8, 4) is 0 Å². The van der Waals surface area contributed by atoms with Crippen LogP contribution in [0.3, 0.4) is 0 Å². The van der Waals surface area contributed by atoms with Crippen LogP contribution in [0.2, 0.25) is 0 Å². The Labute approximate surface area is 124 Å². The Bertz CT molecular complexity index is 613. The number of morpholine rings is 1. The van der Waals surface area contributed by atoms with Crippen LogP contribution in [0.5, 0.6) is 0 Å². The van der Waals surface area contributed by atoms with E-state index in [1.54, 1.807) is 10.5 Å². The summed E-state index contributed by atoms with van der Waals surface area (Å²) >= 11 is 0. The van der Waals surface area contributed by atoms with Gasteiger partial charge in [-0.05, 0) is 25.7 Å². The van der Waals surface area contributed by atoms with E-state index in [-0.39, 0.29) is 17.2 Å². The molecule has 2 atom stereocenters. The molecule has 2 saturated heterocycles. The van der Waals surface area contributed by atoms with Crippen LogP contribution in [0.1, 0.15) is 31.2 Å². The van der Waals surface area contributed by atoms with E-state index in [4.69, 9.17) is 4.74 Å². The summed E-state index contributed by atoms with van der Waals surface area (Å²) < 4.78 is 32.9. The van der Waals surface area contributed by atoms with E-state index in [2.05, 4.69) is 15.5 Å². The molecule has 2 unspecified atom stereocenters. The lowest BCUT2D eigenvalue weighted by Gasteiger charge is -2.31. The minimum Gasteiger partial charge on any atom is -0.372 e. The number of rotatable bonds is 5. The van der Waals surface area contributed by atoms with E-state index in [1.165, 1.54) is 12.8 Å². The van der Waals surface area contributed by atoms with Gasteiger partial charge in [0.15, 0.2) is 5.03 Å². The molecule has 1 saturated carbocycles. The van der Waals surface area contributed by atoms with Gasteiger partial charge in [-0.25, -0.2) is 8.42 Å². The Morgan fingerprint density at radius 3 is 2.67 bits per heavy atom. The predicted molar refractivity (Wildman–Crippen MR) is 75.1 cm³/mol. The summed E-state index contributed by atoms with van der Waals surface area (Å²) in [5.74, 6) is 0. The molecule has 1 aromatic heterocycles. The lowest BCUT2D eigenvalue weighted by atomic mass is 10.2. The van der Waals surface area contributed by atoms with E-state index in [9.17, 15) is 8.42 Å². The van der Waals surface area contributed by atoms with Crippen LogP contribution in [0.15, 0.2) is 11.2 Å². The van der Waals surface area contributed by atoms with Crippen LogP contribution < -0.4 is 5.32 Å². The molecule has 2 bridgehead atoms. The molecular formula is C13H20N4O3S. The number of nitrogens with zero attached hydrogens (tertiary/aromatic N) is 2. The van der Waals surface area contributed by atoms with Gasteiger partial charge >= 0.3 is 0 Å². The molecule has 0 aromatic carbocycles. The maximum Gasteiger partial charge on any atom is 0.260 e. The number of ether oxygens (including phenoxy) is 1. The highest BCUT2D eigenvalue weighted by molar-refractivity contribution is 7.89. The van der Waals surface area contributed by atoms with Gasteiger partial charge in [0, 0.05) is 31.2 Å². The molecular weight excluding hydrogens is 292 g/mol. The minimum absolute atomic E-state index is 0.0504. The number of aromatic amines is 1. The van der Waals surface area contributed by atoms with Crippen LogP contribution in [-0.4, -0.2) is 54.3 Å².